The summed E-state index contributed by atoms with van der Waals surface area (Å²) < 4.78 is 0. The van der Waals surface area contributed by atoms with Crippen LogP contribution in [0.4, 0.5) is 5.69 Å². The number of hydrogen-bond acceptors (Lipinski definition) is 12. The van der Waals surface area contributed by atoms with Crippen LogP contribution in [0, 0.1) is 11.8 Å². The summed E-state index contributed by atoms with van der Waals surface area (Å²) in [5.74, 6) is -10.3. The molecule has 43 heavy (non-hydrogen) atoms. The van der Waals surface area contributed by atoms with Gasteiger partial charge in [-0.3, -0.25) is 24.1 Å². The second-order valence-corrected chi connectivity index (χ2v) is 12.2. The molecule has 3 aliphatic carbocycles. The number of rotatable bonds is 7. The van der Waals surface area contributed by atoms with Crippen molar-refractivity contribution in [3.63, 3.8) is 0 Å². The second-order valence-electron chi connectivity index (χ2n) is 11.2. The number of carbonyl (C=O) groups excluding carboxylic acids is 4. The molecular formula is C29H32N4O9S. The molecule has 13 nitrogen and oxygen atoms in total. The number of aromatic hydroxyl groups is 1. The highest BCUT2D eigenvalue weighted by molar-refractivity contribution is 7.09. The number of Topliss-reactive ketones (excluding diaryl/α,β-unsaturated/α-hetero) is 2. The van der Waals surface area contributed by atoms with Crippen molar-refractivity contribution < 1.29 is 44.7 Å². The Morgan fingerprint density at radius 2 is 1.84 bits per heavy atom. The number of ketones is 2. The molecule has 0 saturated carbocycles. The maximum Gasteiger partial charge on any atom is 0.255 e. The van der Waals surface area contributed by atoms with Crippen LogP contribution in [0.3, 0.4) is 0 Å². The zero-order chi connectivity index (χ0) is 31.5. The van der Waals surface area contributed by atoms with Gasteiger partial charge in [-0.2, -0.15) is 0 Å². The number of phenols is 1. The summed E-state index contributed by atoms with van der Waals surface area (Å²) in [6.45, 7) is 1.99. The summed E-state index contributed by atoms with van der Waals surface area (Å²) in [7, 11) is 2.93. The Balaban J connectivity index is 1.55. The predicted molar refractivity (Wildman–Crippen MR) is 154 cm³/mol. The fourth-order valence-corrected chi connectivity index (χ4v) is 7.30. The van der Waals surface area contributed by atoms with E-state index in [-0.39, 0.29) is 17.8 Å². The number of primary amides is 1. The molecule has 0 saturated heterocycles. The molecule has 2 amide bonds. The molecule has 0 spiro atoms. The van der Waals surface area contributed by atoms with Crippen LogP contribution in [0.1, 0.15) is 33.6 Å². The van der Waals surface area contributed by atoms with E-state index >= 15 is 0 Å². The van der Waals surface area contributed by atoms with Gasteiger partial charge in [0, 0.05) is 22.9 Å². The first kappa shape index (κ1) is 30.4. The molecular weight excluding hydrogens is 580 g/mol. The number of anilines is 1. The number of benzene rings is 1. The topological polar surface area (TPSA) is 223 Å². The molecule has 2 aromatic rings. The molecule has 14 heteroatoms. The summed E-state index contributed by atoms with van der Waals surface area (Å²) in [6.07, 6.45) is -1.69. The van der Waals surface area contributed by atoms with E-state index in [2.05, 4.69) is 10.6 Å². The number of phenolic OH excluding ortho intramolecular Hbond substituents is 1. The molecule has 1 heterocycles. The van der Waals surface area contributed by atoms with Crippen molar-refractivity contribution in [2.24, 2.45) is 17.6 Å². The predicted octanol–water partition coefficient (Wildman–Crippen LogP) is 0.442. The van der Waals surface area contributed by atoms with Gasteiger partial charge in [-0.1, -0.05) is 19.1 Å². The molecule has 0 aliphatic heterocycles. The highest BCUT2D eigenvalue weighted by Gasteiger charge is 2.67. The first-order valence-electron chi connectivity index (χ1n) is 13.4. The number of carbonyl (C=O) groups is 4. The number of nitrogens with two attached hydrogens (primary N) is 1. The molecule has 228 valence electrons. The van der Waals surface area contributed by atoms with Crippen LogP contribution in [0.25, 0.3) is 0 Å². The van der Waals surface area contributed by atoms with Gasteiger partial charge in [-0.05, 0) is 43.1 Å². The van der Waals surface area contributed by atoms with Crippen molar-refractivity contribution in [1.82, 2.24) is 10.2 Å². The van der Waals surface area contributed by atoms with Crippen LogP contribution >= 0.6 is 11.3 Å². The van der Waals surface area contributed by atoms with Crippen LogP contribution in [0.15, 0.2) is 52.3 Å². The van der Waals surface area contributed by atoms with E-state index in [1.807, 2.05) is 17.5 Å². The van der Waals surface area contributed by atoms with E-state index in [9.17, 15) is 44.7 Å². The Bertz CT molecular complexity index is 1600. The molecule has 9 N–H and O–H groups in total. The number of nitrogens with one attached hydrogen (secondary N) is 2. The number of nitrogens with zero attached hydrogens (tertiary/aromatic N) is 1. The third-order valence-corrected chi connectivity index (χ3v) is 9.45. The first-order valence-corrected chi connectivity index (χ1v) is 14.3. The highest BCUT2D eigenvalue weighted by atomic mass is 32.1. The van der Waals surface area contributed by atoms with Crippen LogP contribution in [0.5, 0.6) is 5.75 Å². The number of aliphatic hydroxyl groups is 4. The summed E-state index contributed by atoms with van der Waals surface area (Å²) in [5.41, 5.74) is 0.769. The largest absolute Gasteiger partial charge is 0.510 e. The normalized spacial score (nSPS) is 28.5. The van der Waals surface area contributed by atoms with Gasteiger partial charge < -0.3 is 41.9 Å². The number of likely N-dealkylation sites (N-methyl/N-ethyl adjacent to an activating group) is 1. The van der Waals surface area contributed by atoms with E-state index in [0.29, 0.717) is 12.1 Å². The molecule has 1 aromatic carbocycles. The summed E-state index contributed by atoms with van der Waals surface area (Å²) in [5, 5.41) is 64.3. The van der Waals surface area contributed by atoms with Crippen LogP contribution in [0.2, 0.25) is 0 Å². The Morgan fingerprint density at radius 1 is 1.14 bits per heavy atom. The van der Waals surface area contributed by atoms with Crippen molar-refractivity contribution in [2.45, 2.75) is 37.1 Å². The molecule has 0 radical (unpaired) electrons. The summed E-state index contributed by atoms with van der Waals surface area (Å²) >= 11 is 1.52. The summed E-state index contributed by atoms with van der Waals surface area (Å²) in [6, 6.07) is 5.37. The molecule has 0 bridgehead atoms. The lowest BCUT2D eigenvalue weighted by molar-refractivity contribution is -0.162. The Kier molecular flexibility index (Phi) is 7.69. The van der Waals surface area contributed by atoms with Gasteiger partial charge in [-0.25, -0.2) is 0 Å². The smallest absolute Gasteiger partial charge is 0.255 e. The van der Waals surface area contributed by atoms with E-state index in [1.54, 1.807) is 6.92 Å². The Hall–Kier alpha value is -4.08. The molecule has 1 aromatic heterocycles. The quantitative estimate of drug-likeness (QED) is 0.158. The van der Waals surface area contributed by atoms with E-state index < -0.39 is 87.3 Å². The number of thiophene rings is 1. The molecule has 6 atom stereocenters. The fourth-order valence-electron chi connectivity index (χ4n) is 6.63. The zero-order valence-corrected chi connectivity index (χ0v) is 24.3. The maximum absolute atomic E-state index is 13.9. The van der Waals surface area contributed by atoms with Gasteiger partial charge in [-0.15, -0.1) is 11.3 Å². The van der Waals surface area contributed by atoms with Crippen molar-refractivity contribution in [3.05, 3.63) is 68.3 Å². The molecule has 5 rings (SSSR count). The van der Waals surface area contributed by atoms with Gasteiger partial charge in [0.15, 0.2) is 17.1 Å². The van der Waals surface area contributed by atoms with Crippen molar-refractivity contribution in [2.75, 3.05) is 26.0 Å². The van der Waals surface area contributed by atoms with Gasteiger partial charge in [0.25, 0.3) is 5.91 Å². The van der Waals surface area contributed by atoms with Gasteiger partial charge in [0.2, 0.25) is 11.7 Å². The summed E-state index contributed by atoms with van der Waals surface area (Å²) in [4.78, 5) is 54.5. The maximum atomic E-state index is 13.9. The second kappa shape index (κ2) is 10.9. The molecule has 4 unspecified atom stereocenters. The highest BCUT2D eigenvalue weighted by Crippen LogP contribution is 2.56. The lowest BCUT2D eigenvalue weighted by atomic mass is 9.55. The van der Waals surface area contributed by atoms with Gasteiger partial charge in [0.05, 0.1) is 35.9 Å². The lowest BCUT2D eigenvalue weighted by Gasteiger charge is -2.53. The van der Waals surface area contributed by atoms with E-state index in [1.165, 1.54) is 42.5 Å². The molecule has 3 aliphatic rings. The number of amides is 2. The van der Waals surface area contributed by atoms with Crippen molar-refractivity contribution in [1.29, 1.82) is 0 Å². The SMILES string of the molecule is CC1c2ccc(NC(=O)CNCc3cccs3)c(O)c2C(=O)C2=C(O)[C@]3(O)C(=O)C(C(N)=O)=C(O)[C@@H](N(C)C)C3C(O)C21. The monoisotopic (exact) mass is 612 g/mol. The number of hydrogen-bond donors (Lipinski definition) is 8. The standard InChI is InChI=1S/C29H32N4O9S/c1-11-13-6-7-14(32-15(34)10-31-9-12-5-4-8-43-12)22(35)17(13)23(36)18-16(11)24(37)20-21(33(2)3)25(38)19(28(30)41)27(40)29(20,42)26(18)39/h4-8,11,16,20-21,24,31,35,37-39,42H,9-10H2,1-3H3,(H2,30,41)(H,32,34)/t11?,16?,20?,21-,24?,29-/m0/s1. The minimum Gasteiger partial charge on any atom is -0.510 e. The fraction of sp³-hybridized carbons (Fsp3) is 0.379. The third-order valence-electron chi connectivity index (χ3n) is 8.57. The van der Waals surface area contributed by atoms with Gasteiger partial charge >= 0.3 is 0 Å². The average Bonchev–Trinajstić information content (AvgIpc) is 3.45. The minimum atomic E-state index is -3.00. The Morgan fingerprint density at radius 3 is 2.44 bits per heavy atom. The van der Waals surface area contributed by atoms with Gasteiger partial charge in [0.1, 0.15) is 17.1 Å². The Labute approximate surface area is 249 Å². The first-order chi connectivity index (χ1) is 20.2. The number of fused-ring (bicyclic) bond motifs is 3. The zero-order valence-electron chi connectivity index (χ0n) is 23.5. The third kappa shape index (κ3) is 4.53. The minimum absolute atomic E-state index is 0.0843. The number of aliphatic hydroxyl groups excluding tert-OH is 3. The lowest BCUT2D eigenvalue weighted by Crippen LogP contribution is -2.68. The van der Waals surface area contributed by atoms with E-state index in [0.717, 1.165) is 4.88 Å². The van der Waals surface area contributed by atoms with Crippen molar-refractivity contribution >= 4 is 40.4 Å². The van der Waals surface area contributed by atoms with Crippen LogP contribution < -0.4 is 16.4 Å². The average molecular weight is 613 g/mol. The van der Waals surface area contributed by atoms with Crippen LogP contribution in [-0.2, 0) is 20.9 Å². The van der Waals surface area contributed by atoms with Crippen LogP contribution in [-0.4, -0.2) is 92.2 Å². The molecule has 0 fully saturated rings. The van der Waals surface area contributed by atoms with E-state index in [4.69, 9.17) is 5.73 Å². The van der Waals surface area contributed by atoms with Crippen molar-refractivity contribution in [3.8, 4) is 5.75 Å².